The first kappa shape index (κ1) is 22.5. The second kappa shape index (κ2) is 10.3. The Morgan fingerprint density at radius 1 is 1.03 bits per heavy atom. The summed E-state index contributed by atoms with van der Waals surface area (Å²) in [7, 11) is 0. The maximum Gasteiger partial charge on any atom is 0.274 e. The van der Waals surface area contributed by atoms with Gasteiger partial charge in [0.2, 0.25) is 5.91 Å². The van der Waals surface area contributed by atoms with Crippen LogP contribution in [0.2, 0.25) is 0 Å². The molecule has 0 bridgehead atoms. The summed E-state index contributed by atoms with van der Waals surface area (Å²) in [6.45, 7) is 7.28. The van der Waals surface area contributed by atoms with Gasteiger partial charge < -0.3 is 19.9 Å². The van der Waals surface area contributed by atoms with Gasteiger partial charge in [0.1, 0.15) is 6.54 Å². The van der Waals surface area contributed by atoms with Crippen molar-refractivity contribution in [3.63, 3.8) is 0 Å². The third-order valence-corrected chi connectivity index (χ3v) is 5.64. The predicted molar refractivity (Wildman–Crippen MR) is 128 cm³/mol. The molecule has 1 aromatic heterocycles. The molecule has 172 valence electrons. The Labute approximate surface area is 193 Å². The van der Waals surface area contributed by atoms with E-state index in [9.17, 15) is 9.59 Å². The molecule has 1 fully saturated rings. The van der Waals surface area contributed by atoms with Gasteiger partial charge in [0.25, 0.3) is 5.91 Å². The molecular weight excluding hydrogens is 418 g/mol. The van der Waals surface area contributed by atoms with Crippen LogP contribution in [-0.4, -0.2) is 65.9 Å². The summed E-state index contributed by atoms with van der Waals surface area (Å²) in [6, 6.07) is 19.1. The standard InChI is InChI=1S/C25H29N5O3/c1-3-28(25(32)23-17-19(2)30(27-23)22-7-5-4-6-8-22)18-24(31)26-20-9-11-21(12-10-20)29-13-15-33-16-14-29/h4-12,17H,3,13-16,18H2,1-2H3,(H,26,31). The molecule has 1 aliphatic rings. The van der Waals surface area contributed by atoms with Crippen LogP contribution in [0.4, 0.5) is 11.4 Å². The number of carbonyl (C=O) groups is 2. The molecule has 2 amide bonds. The summed E-state index contributed by atoms with van der Waals surface area (Å²) < 4.78 is 7.12. The van der Waals surface area contributed by atoms with Crippen LogP contribution in [0, 0.1) is 6.92 Å². The number of nitrogens with zero attached hydrogens (tertiary/aromatic N) is 4. The topological polar surface area (TPSA) is 79.7 Å². The van der Waals surface area contributed by atoms with E-state index in [-0.39, 0.29) is 18.4 Å². The monoisotopic (exact) mass is 447 g/mol. The summed E-state index contributed by atoms with van der Waals surface area (Å²) in [6.07, 6.45) is 0. The fraction of sp³-hybridized carbons (Fsp3) is 0.320. The first-order valence-electron chi connectivity index (χ1n) is 11.2. The highest BCUT2D eigenvalue weighted by atomic mass is 16.5. The number of morpholine rings is 1. The van der Waals surface area contributed by atoms with E-state index in [0.29, 0.717) is 17.9 Å². The van der Waals surface area contributed by atoms with E-state index in [1.807, 2.05) is 68.4 Å². The summed E-state index contributed by atoms with van der Waals surface area (Å²) in [5, 5.41) is 7.36. The molecule has 8 heteroatoms. The largest absolute Gasteiger partial charge is 0.378 e. The van der Waals surface area contributed by atoms with Gasteiger partial charge in [0.15, 0.2) is 5.69 Å². The molecule has 0 unspecified atom stereocenters. The second-order valence-corrected chi connectivity index (χ2v) is 7.93. The number of hydrogen-bond acceptors (Lipinski definition) is 5. The van der Waals surface area contributed by atoms with Crippen LogP contribution in [0.25, 0.3) is 5.69 Å². The van der Waals surface area contributed by atoms with Crippen molar-refractivity contribution >= 4 is 23.2 Å². The lowest BCUT2D eigenvalue weighted by Gasteiger charge is -2.29. The number of aromatic nitrogens is 2. The Bertz CT molecular complexity index is 1090. The van der Waals surface area contributed by atoms with Crippen molar-refractivity contribution in [1.29, 1.82) is 0 Å². The van der Waals surface area contributed by atoms with E-state index in [0.717, 1.165) is 43.4 Å². The number of rotatable bonds is 7. The van der Waals surface area contributed by atoms with Crippen LogP contribution < -0.4 is 10.2 Å². The average Bonchev–Trinajstić information content (AvgIpc) is 3.25. The highest BCUT2D eigenvalue weighted by Crippen LogP contribution is 2.19. The van der Waals surface area contributed by atoms with Gasteiger partial charge in [-0.15, -0.1) is 0 Å². The molecule has 4 rings (SSSR count). The van der Waals surface area contributed by atoms with Crippen molar-refractivity contribution < 1.29 is 14.3 Å². The van der Waals surface area contributed by atoms with Crippen LogP contribution in [-0.2, 0) is 9.53 Å². The molecule has 2 aromatic carbocycles. The van der Waals surface area contributed by atoms with Gasteiger partial charge >= 0.3 is 0 Å². The van der Waals surface area contributed by atoms with Gasteiger partial charge in [-0.3, -0.25) is 9.59 Å². The van der Waals surface area contributed by atoms with Crippen LogP contribution in [0.3, 0.4) is 0 Å². The van der Waals surface area contributed by atoms with Crippen LogP contribution in [0.1, 0.15) is 23.1 Å². The predicted octanol–water partition coefficient (Wildman–Crippen LogP) is 3.12. The number of amides is 2. The Kier molecular flexibility index (Phi) is 7.04. The van der Waals surface area contributed by atoms with Crippen molar-refractivity contribution in [2.45, 2.75) is 13.8 Å². The number of para-hydroxylation sites is 1. The molecule has 2 heterocycles. The van der Waals surface area contributed by atoms with Crippen molar-refractivity contribution in [2.75, 3.05) is 49.6 Å². The van der Waals surface area contributed by atoms with Crippen molar-refractivity contribution in [3.8, 4) is 5.69 Å². The molecule has 1 aliphatic heterocycles. The zero-order valence-corrected chi connectivity index (χ0v) is 19.0. The zero-order chi connectivity index (χ0) is 23.2. The zero-order valence-electron chi connectivity index (χ0n) is 19.0. The highest BCUT2D eigenvalue weighted by Gasteiger charge is 2.21. The summed E-state index contributed by atoms with van der Waals surface area (Å²) >= 11 is 0. The van der Waals surface area contributed by atoms with E-state index < -0.39 is 0 Å². The Balaban J connectivity index is 1.38. The molecular formula is C25H29N5O3. The first-order valence-corrected chi connectivity index (χ1v) is 11.2. The second-order valence-electron chi connectivity index (χ2n) is 7.93. The number of benzene rings is 2. The van der Waals surface area contributed by atoms with E-state index in [2.05, 4.69) is 15.3 Å². The minimum Gasteiger partial charge on any atom is -0.378 e. The lowest BCUT2D eigenvalue weighted by molar-refractivity contribution is -0.116. The van der Waals surface area contributed by atoms with Gasteiger partial charge in [-0.05, 0) is 56.3 Å². The molecule has 33 heavy (non-hydrogen) atoms. The number of anilines is 2. The highest BCUT2D eigenvalue weighted by molar-refractivity contribution is 5.98. The molecule has 1 N–H and O–H groups in total. The normalized spacial score (nSPS) is 13.6. The molecule has 8 nitrogen and oxygen atoms in total. The third kappa shape index (κ3) is 5.40. The van der Waals surface area contributed by atoms with Gasteiger partial charge in [-0.2, -0.15) is 5.10 Å². The molecule has 3 aromatic rings. The van der Waals surface area contributed by atoms with Crippen molar-refractivity contribution in [2.24, 2.45) is 0 Å². The SMILES string of the molecule is CCN(CC(=O)Nc1ccc(N2CCOCC2)cc1)C(=O)c1cc(C)n(-c2ccccc2)n1. The van der Waals surface area contributed by atoms with Crippen LogP contribution >= 0.6 is 0 Å². The number of aryl methyl sites for hydroxylation is 1. The molecule has 0 aliphatic carbocycles. The molecule has 0 spiro atoms. The number of carbonyl (C=O) groups excluding carboxylic acids is 2. The van der Waals surface area contributed by atoms with Crippen molar-refractivity contribution in [1.82, 2.24) is 14.7 Å². The van der Waals surface area contributed by atoms with Gasteiger partial charge in [0, 0.05) is 36.7 Å². The molecule has 0 radical (unpaired) electrons. The Morgan fingerprint density at radius 2 is 1.73 bits per heavy atom. The van der Waals surface area contributed by atoms with E-state index in [1.54, 1.807) is 10.7 Å². The Hall–Kier alpha value is -3.65. The Morgan fingerprint density at radius 3 is 2.39 bits per heavy atom. The van der Waals surface area contributed by atoms with E-state index in [4.69, 9.17) is 4.74 Å². The number of nitrogens with one attached hydrogen (secondary N) is 1. The maximum absolute atomic E-state index is 13.0. The molecule has 0 atom stereocenters. The van der Waals surface area contributed by atoms with Crippen LogP contribution in [0.15, 0.2) is 60.7 Å². The van der Waals surface area contributed by atoms with E-state index in [1.165, 1.54) is 4.90 Å². The lowest BCUT2D eigenvalue weighted by Crippen LogP contribution is -2.38. The third-order valence-electron chi connectivity index (χ3n) is 5.64. The number of likely N-dealkylation sites (N-methyl/N-ethyl adjacent to an activating group) is 1. The van der Waals surface area contributed by atoms with Gasteiger partial charge in [0.05, 0.1) is 18.9 Å². The van der Waals surface area contributed by atoms with Crippen molar-refractivity contribution in [3.05, 3.63) is 72.1 Å². The summed E-state index contributed by atoms with van der Waals surface area (Å²) in [5.41, 5.74) is 3.86. The summed E-state index contributed by atoms with van der Waals surface area (Å²) in [4.78, 5) is 29.4. The number of hydrogen-bond donors (Lipinski definition) is 1. The fourth-order valence-electron chi connectivity index (χ4n) is 3.85. The fourth-order valence-corrected chi connectivity index (χ4v) is 3.85. The maximum atomic E-state index is 13.0. The first-order chi connectivity index (χ1) is 16.0. The van der Waals surface area contributed by atoms with E-state index >= 15 is 0 Å². The average molecular weight is 448 g/mol. The van der Waals surface area contributed by atoms with Gasteiger partial charge in [-0.1, -0.05) is 18.2 Å². The van der Waals surface area contributed by atoms with Crippen LogP contribution in [0.5, 0.6) is 0 Å². The molecule has 1 saturated heterocycles. The number of ether oxygens (including phenoxy) is 1. The quantitative estimate of drug-likeness (QED) is 0.602. The lowest BCUT2D eigenvalue weighted by atomic mass is 10.2. The van der Waals surface area contributed by atoms with Gasteiger partial charge in [-0.25, -0.2) is 4.68 Å². The minimum absolute atomic E-state index is 0.0439. The summed E-state index contributed by atoms with van der Waals surface area (Å²) in [5.74, 6) is -0.517. The molecule has 0 saturated carbocycles. The smallest absolute Gasteiger partial charge is 0.274 e. The minimum atomic E-state index is -0.270.